The maximum absolute atomic E-state index is 9.50. The van der Waals surface area contributed by atoms with E-state index in [2.05, 4.69) is 34.1 Å². The van der Waals surface area contributed by atoms with Gasteiger partial charge in [-0.3, -0.25) is 0 Å². The third kappa shape index (κ3) is 3.68. The predicted molar refractivity (Wildman–Crippen MR) is 75.8 cm³/mol. The van der Waals surface area contributed by atoms with Gasteiger partial charge in [0.15, 0.2) is 0 Å². The maximum Gasteiger partial charge on any atom is 0.0684 e. The van der Waals surface area contributed by atoms with Crippen LogP contribution in [0.5, 0.6) is 0 Å². The molecule has 1 fully saturated rings. The molecular weight excluding hydrogens is 276 g/mol. The second kappa shape index (κ2) is 6.36. The molecule has 0 aliphatic heterocycles. The van der Waals surface area contributed by atoms with E-state index in [1.807, 2.05) is 12.1 Å². The van der Waals surface area contributed by atoms with Crippen LogP contribution in [0, 0.1) is 5.92 Å². The van der Waals surface area contributed by atoms with Gasteiger partial charge in [-0.05, 0) is 42.0 Å². The van der Waals surface area contributed by atoms with Crippen molar-refractivity contribution in [3.8, 4) is 0 Å². The Kier molecular flexibility index (Phi) is 4.81. The van der Waals surface area contributed by atoms with Crippen LogP contribution < -0.4 is 0 Å². The molecule has 0 unspecified atom stereocenters. The standard InChI is InChI=1S/C15H19BrO/c16-15-8-6-13(7-9-15)14(11-17)10-12-4-2-1-3-5-12/h6-10,12,17H,1-5,11H2/b14-10+. The summed E-state index contributed by atoms with van der Waals surface area (Å²) in [6.07, 6.45) is 8.87. The first-order chi connectivity index (χ1) is 8.29. The minimum absolute atomic E-state index is 0.137. The predicted octanol–water partition coefficient (Wildman–Crippen LogP) is 4.41. The highest BCUT2D eigenvalue weighted by atomic mass is 79.9. The zero-order chi connectivity index (χ0) is 12.1. The van der Waals surface area contributed by atoms with E-state index in [4.69, 9.17) is 0 Å². The van der Waals surface area contributed by atoms with Crippen LogP contribution in [0.3, 0.4) is 0 Å². The third-order valence-corrected chi connectivity index (χ3v) is 4.00. The first-order valence-corrected chi connectivity index (χ1v) is 7.16. The van der Waals surface area contributed by atoms with Crippen molar-refractivity contribution in [2.45, 2.75) is 32.1 Å². The molecule has 1 N–H and O–H groups in total. The Balaban J connectivity index is 2.14. The van der Waals surface area contributed by atoms with E-state index in [-0.39, 0.29) is 6.61 Å². The first-order valence-electron chi connectivity index (χ1n) is 6.37. The molecule has 0 amide bonds. The monoisotopic (exact) mass is 294 g/mol. The Labute approximate surface area is 112 Å². The van der Waals surface area contributed by atoms with Gasteiger partial charge < -0.3 is 5.11 Å². The molecule has 0 radical (unpaired) electrons. The SMILES string of the molecule is OC/C(=C\C1CCCCC1)c1ccc(Br)cc1. The van der Waals surface area contributed by atoms with Crippen LogP contribution in [0.25, 0.3) is 5.57 Å². The normalized spacial score (nSPS) is 18.4. The molecule has 1 nitrogen and oxygen atoms in total. The highest BCUT2D eigenvalue weighted by Gasteiger charge is 2.12. The van der Waals surface area contributed by atoms with Crippen LogP contribution in [-0.2, 0) is 0 Å². The molecular formula is C15H19BrO. The smallest absolute Gasteiger partial charge is 0.0684 e. The van der Waals surface area contributed by atoms with Gasteiger partial charge in [-0.1, -0.05) is 53.4 Å². The van der Waals surface area contributed by atoms with Crippen LogP contribution in [0.2, 0.25) is 0 Å². The summed E-state index contributed by atoms with van der Waals surface area (Å²) in [4.78, 5) is 0. The van der Waals surface area contributed by atoms with Crippen molar-refractivity contribution in [3.63, 3.8) is 0 Å². The summed E-state index contributed by atoms with van der Waals surface area (Å²) in [7, 11) is 0. The van der Waals surface area contributed by atoms with Gasteiger partial charge in [0.2, 0.25) is 0 Å². The fraction of sp³-hybridized carbons (Fsp3) is 0.467. The van der Waals surface area contributed by atoms with Crippen molar-refractivity contribution in [2.75, 3.05) is 6.61 Å². The van der Waals surface area contributed by atoms with Crippen molar-refractivity contribution in [2.24, 2.45) is 5.92 Å². The van der Waals surface area contributed by atoms with E-state index < -0.39 is 0 Å². The lowest BCUT2D eigenvalue weighted by Gasteiger charge is -2.19. The average molecular weight is 295 g/mol. The lowest BCUT2D eigenvalue weighted by molar-refractivity contribution is 0.347. The number of aliphatic hydroxyl groups excluding tert-OH is 1. The summed E-state index contributed by atoms with van der Waals surface area (Å²) < 4.78 is 1.08. The minimum Gasteiger partial charge on any atom is -0.392 e. The molecule has 92 valence electrons. The number of halogens is 1. The molecule has 0 spiro atoms. The maximum atomic E-state index is 9.50. The van der Waals surface area contributed by atoms with Crippen LogP contribution in [0.1, 0.15) is 37.7 Å². The summed E-state index contributed by atoms with van der Waals surface area (Å²) in [6, 6.07) is 8.18. The lowest BCUT2D eigenvalue weighted by Crippen LogP contribution is -2.05. The van der Waals surface area contributed by atoms with Crippen LogP contribution in [0.15, 0.2) is 34.8 Å². The Morgan fingerprint density at radius 1 is 1.18 bits per heavy atom. The molecule has 2 heteroatoms. The number of hydrogen-bond acceptors (Lipinski definition) is 1. The molecule has 1 aliphatic rings. The summed E-state index contributed by atoms with van der Waals surface area (Å²) in [5.41, 5.74) is 2.21. The lowest BCUT2D eigenvalue weighted by atomic mass is 9.87. The molecule has 1 aromatic rings. The van der Waals surface area contributed by atoms with Gasteiger partial charge in [0.1, 0.15) is 0 Å². The van der Waals surface area contributed by atoms with E-state index in [0.29, 0.717) is 5.92 Å². The van der Waals surface area contributed by atoms with Gasteiger partial charge in [0.05, 0.1) is 6.61 Å². The number of allylic oxidation sites excluding steroid dienone is 1. The number of hydrogen-bond donors (Lipinski definition) is 1. The molecule has 0 atom stereocenters. The van der Waals surface area contributed by atoms with Gasteiger partial charge in [0.25, 0.3) is 0 Å². The summed E-state index contributed by atoms with van der Waals surface area (Å²) in [5, 5.41) is 9.50. The van der Waals surface area contributed by atoms with Gasteiger partial charge in [-0.15, -0.1) is 0 Å². The molecule has 0 saturated heterocycles. The van der Waals surface area contributed by atoms with Crippen molar-refractivity contribution >= 4 is 21.5 Å². The van der Waals surface area contributed by atoms with E-state index in [1.165, 1.54) is 32.1 Å². The van der Waals surface area contributed by atoms with Crippen molar-refractivity contribution in [1.29, 1.82) is 0 Å². The van der Waals surface area contributed by atoms with Gasteiger partial charge >= 0.3 is 0 Å². The second-order valence-electron chi connectivity index (χ2n) is 4.76. The van der Waals surface area contributed by atoms with E-state index >= 15 is 0 Å². The third-order valence-electron chi connectivity index (χ3n) is 3.47. The number of rotatable bonds is 3. The molecule has 1 aliphatic carbocycles. The summed E-state index contributed by atoms with van der Waals surface area (Å²) in [6.45, 7) is 0.137. The summed E-state index contributed by atoms with van der Waals surface area (Å²) in [5.74, 6) is 0.662. The van der Waals surface area contributed by atoms with E-state index in [9.17, 15) is 5.11 Å². The Bertz CT molecular complexity index is 374. The highest BCUT2D eigenvalue weighted by Crippen LogP contribution is 2.28. The van der Waals surface area contributed by atoms with Crippen molar-refractivity contribution < 1.29 is 5.11 Å². The Hall–Kier alpha value is -0.600. The highest BCUT2D eigenvalue weighted by molar-refractivity contribution is 9.10. The molecule has 17 heavy (non-hydrogen) atoms. The van der Waals surface area contributed by atoms with E-state index in [0.717, 1.165) is 15.6 Å². The fourth-order valence-corrected chi connectivity index (χ4v) is 2.75. The molecule has 1 aromatic carbocycles. The molecule has 1 saturated carbocycles. The molecule has 0 bridgehead atoms. The average Bonchev–Trinajstić information content (AvgIpc) is 2.38. The first kappa shape index (κ1) is 12.8. The van der Waals surface area contributed by atoms with Crippen molar-refractivity contribution in [1.82, 2.24) is 0 Å². The van der Waals surface area contributed by atoms with Gasteiger partial charge in [-0.2, -0.15) is 0 Å². The van der Waals surface area contributed by atoms with Gasteiger partial charge in [-0.25, -0.2) is 0 Å². The Morgan fingerprint density at radius 2 is 1.82 bits per heavy atom. The zero-order valence-corrected chi connectivity index (χ0v) is 11.6. The fourth-order valence-electron chi connectivity index (χ4n) is 2.49. The molecule has 0 heterocycles. The van der Waals surface area contributed by atoms with Gasteiger partial charge in [0, 0.05) is 4.47 Å². The quantitative estimate of drug-likeness (QED) is 0.876. The van der Waals surface area contributed by atoms with Crippen LogP contribution in [-0.4, -0.2) is 11.7 Å². The molecule has 0 aromatic heterocycles. The van der Waals surface area contributed by atoms with Crippen LogP contribution in [0.4, 0.5) is 0 Å². The zero-order valence-electron chi connectivity index (χ0n) is 10.0. The Morgan fingerprint density at radius 3 is 2.41 bits per heavy atom. The number of aliphatic hydroxyl groups is 1. The second-order valence-corrected chi connectivity index (χ2v) is 5.67. The number of benzene rings is 1. The topological polar surface area (TPSA) is 20.2 Å². The summed E-state index contributed by atoms with van der Waals surface area (Å²) >= 11 is 3.43. The minimum atomic E-state index is 0.137. The molecule has 2 rings (SSSR count). The van der Waals surface area contributed by atoms with Crippen LogP contribution >= 0.6 is 15.9 Å². The largest absolute Gasteiger partial charge is 0.392 e. The van der Waals surface area contributed by atoms with Crippen molar-refractivity contribution in [3.05, 3.63) is 40.4 Å². The van der Waals surface area contributed by atoms with E-state index in [1.54, 1.807) is 0 Å².